The van der Waals surface area contributed by atoms with Crippen molar-refractivity contribution in [2.24, 2.45) is 0 Å². The number of hydrogen-bond donors (Lipinski definition) is 1. The zero-order valence-electron chi connectivity index (χ0n) is 12.2. The molecule has 0 spiro atoms. The number of nitrogens with one attached hydrogen (secondary N) is 1. The van der Waals surface area contributed by atoms with Crippen molar-refractivity contribution in [3.05, 3.63) is 77.9 Å². The Kier molecular flexibility index (Phi) is 4.38. The monoisotopic (exact) mass is 307 g/mol. The van der Waals surface area contributed by atoms with E-state index in [0.717, 1.165) is 16.6 Å². The van der Waals surface area contributed by atoms with Crippen LogP contribution in [0.25, 0.3) is 17.1 Å². The summed E-state index contributed by atoms with van der Waals surface area (Å²) >= 11 is 0. The van der Waals surface area contributed by atoms with Crippen molar-refractivity contribution in [3.8, 4) is 0 Å². The predicted octanol–water partition coefficient (Wildman–Crippen LogP) is 3.10. The second-order valence-electron chi connectivity index (χ2n) is 4.96. The van der Waals surface area contributed by atoms with Gasteiger partial charge in [-0.2, -0.15) is 0 Å². The van der Waals surface area contributed by atoms with Gasteiger partial charge >= 0.3 is 0 Å². The number of carbonyl (C=O) groups excluding carboxylic acids is 1. The molecule has 114 valence electrons. The van der Waals surface area contributed by atoms with Crippen molar-refractivity contribution >= 4 is 23.0 Å². The standard InChI is InChI=1S/C18H14FN3O/c19-14-7-5-13(6-8-14)11-21-18(23)10-9-15-12-20-16-3-1-2-4-17(16)22-15/h1-10,12H,11H2,(H,21,23)/b10-9+. The molecule has 1 aromatic heterocycles. The van der Waals surface area contributed by atoms with Crippen molar-refractivity contribution < 1.29 is 9.18 Å². The fourth-order valence-corrected chi connectivity index (χ4v) is 2.06. The van der Waals surface area contributed by atoms with Crippen LogP contribution >= 0.6 is 0 Å². The van der Waals surface area contributed by atoms with Crippen LogP contribution in [0.15, 0.2) is 60.8 Å². The van der Waals surface area contributed by atoms with Crippen LogP contribution < -0.4 is 5.32 Å². The van der Waals surface area contributed by atoms with Crippen LogP contribution in [0.1, 0.15) is 11.3 Å². The van der Waals surface area contributed by atoms with Crippen molar-refractivity contribution in [2.75, 3.05) is 0 Å². The van der Waals surface area contributed by atoms with Crippen LogP contribution in [0.2, 0.25) is 0 Å². The molecule has 3 rings (SSSR count). The molecule has 0 unspecified atom stereocenters. The lowest BCUT2D eigenvalue weighted by atomic mass is 10.2. The molecule has 1 N–H and O–H groups in total. The number of fused-ring (bicyclic) bond motifs is 1. The Bertz CT molecular complexity index is 860. The fraction of sp³-hybridized carbons (Fsp3) is 0.0556. The zero-order valence-corrected chi connectivity index (χ0v) is 12.2. The number of benzene rings is 2. The maximum atomic E-state index is 12.8. The predicted molar refractivity (Wildman–Crippen MR) is 86.8 cm³/mol. The van der Waals surface area contributed by atoms with E-state index >= 15 is 0 Å². The molecule has 0 aliphatic heterocycles. The molecule has 1 amide bonds. The Morgan fingerprint density at radius 1 is 1.09 bits per heavy atom. The number of nitrogens with zero attached hydrogens (tertiary/aromatic N) is 2. The average molecular weight is 307 g/mol. The van der Waals surface area contributed by atoms with Crippen molar-refractivity contribution in [2.45, 2.75) is 6.54 Å². The zero-order chi connectivity index (χ0) is 16.1. The van der Waals surface area contributed by atoms with E-state index < -0.39 is 0 Å². The second-order valence-corrected chi connectivity index (χ2v) is 4.96. The number of aromatic nitrogens is 2. The van der Waals surface area contributed by atoms with Gasteiger partial charge in [0.1, 0.15) is 5.82 Å². The number of para-hydroxylation sites is 2. The Morgan fingerprint density at radius 3 is 2.61 bits per heavy atom. The number of hydrogen-bond acceptors (Lipinski definition) is 3. The summed E-state index contributed by atoms with van der Waals surface area (Å²) in [5, 5.41) is 2.73. The molecule has 0 atom stereocenters. The number of carbonyl (C=O) groups is 1. The first-order valence-corrected chi connectivity index (χ1v) is 7.13. The highest BCUT2D eigenvalue weighted by atomic mass is 19.1. The molecule has 0 aliphatic rings. The van der Waals surface area contributed by atoms with E-state index in [2.05, 4.69) is 15.3 Å². The molecule has 0 fully saturated rings. The average Bonchev–Trinajstić information content (AvgIpc) is 2.59. The van der Waals surface area contributed by atoms with Gasteiger partial charge in [0.05, 0.1) is 22.9 Å². The maximum absolute atomic E-state index is 12.8. The fourth-order valence-electron chi connectivity index (χ4n) is 2.06. The van der Waals surface area contributed by atoms with Crippen molar-refractivity contribution in [3.63, 3.8) is 0 Å². The summed E-state index contributed by atoms with van der Waals surface area (Å²) in [7, 11) is 0. The van der Waals surface area contributed by atoms with Crippen LogP contribution in [0.3, 0.4) is 0 Å². The molecule has 0 radical (unpaired) electrons. The molecule has 0 saturated carbocycles. The molecule has 23 heavy (non-hydrogen) atoms. The molecule has 4 nitrogen and oxygen atoms in total. The summed E-state index contributed by atoms with van der Waals surface area (Å²) in [5.41, 5.74) is 3.03. The Labute approximate surface area is 132 Å². The lowest BCUT2D eigenvalue weighted by molar-refractivity contribution is -0.116. The largest absolute Gasteiger partial charge is 0.348 e. The highest BCUT2D eigenvalue weighted by Crippen LogP contribution is 2.09. The normalized spacial score (nSPS) is 11.0. The van der Waals surface area contributed by atoms with E-state index in [-0.39, 0.29) is 11.7 Å². The van der Waals surface area contributed by atoms with Gasteiger partial charge in [0, 0.05) is 12.6 Å². The van der Waals surface area contributed by atoms with Crippen LogP contribution in [-0.4, -0.2) is 15.9 Å². The van der Waals surface area contributed by atoms with E-state index in [9.17, 15) is 9.18 Å². The number of halogens is 1. The molecule has 5 heteroatoms. The summed E-state index contributed by atoms with van der Waals surface area (Å²) in [6, 6.07) is 13.5. The quantitative estimate of drug-likeness (QED) is 0.754. The molecule has 0 saturated heterocycles. The number of amides is 1. The van der Waals surface area contributed by atoms with Crippen molar-refractivity contribution in [1.82, 2.24) is 15.3 Å². The first-order valence-electron chi connectivity index (χ1n) is 7.13. The topological polar surface area (TPSA) is 54.9 Å². The van der Waals surface area contributed by atoms with Gasteiger partial charge < -0.3 is 5.32 Å². The molecule has 0 bridgehead atoms. The lowest BCUT2D eigenvalue weighted by Gasteiger charge is -2.02. The van der Waals surface area contributed by atoms with Gasteiger partial charge in [0.25, 0.3) is 0 Å². The summed E-state index contributed by atoms with van der Waals surface area (Å²) in [5.74, 6) is -0.542. The third-order valence-electron chi connectivity index (χ3n) is 3.25. The second kappa shape index (κ2) is 6.79. The highest BCUT2D eigenvalue weighted by molar-refractivity contribution is 5.91. The van der Waals surface area contributed by atoms with Crippen LogP contribution in [-0.2, 0) is 11.3 Å². The van der Waals surface area contributed by atoms with Gasteiger partial charge in [0.15, 0.2) is 0 Å². The molecule has 2 aromatic carbocycles. The third kappa shape index (κ3) is 3.97. The Hall–Kier alpha value is -3.08. The summed E-state index contributed by atoms with van der Waals surface area (Å²) in [4.78, 5) is 20.5. The van der Waals surface area contributed by atoms with Gasteiger partial charge in [0.2, 0.25) is 5.91 Å². The Balaban J connectivity index is 1.61. The van der Waals surface area contributed by atoms with Crippen LogP contribution in [0.4, 0.5) is 4.39 Å². The van der Waals surface area contributed by atoms with Crippen LogP contribution in [0, 0.1) is 5.82 Å². The molecular weight excluding hydrogens is 293 g/mol. The summed E-state index contributed by atoms with van der Waals surface area (Å²) in [6.45, 7) is 0.340. The van der Waals surface area contributed by atoms with E-state index in [1.807, 2.05) is 24.3 Å². The minimum atomic E-state index is -0.296. The van der Waals surface area contributed by atoms with Crippen molar-refractivity contribution in [1.29, 1.82) is 0 Å². The molecular formula is C18H14FN3O. The number of rotatable bonds is 4. The van der Waals surface area contributed by atoms with Gasteiger partial charge in [-0.1, -0.05) is 24.3 Å². The van der Waals surface area contributed by atoms with Gasteiger partial charge in [-0.15, -0.1) is 0 Å². The minimum Gasteiger partial charge on any atom is -0.348 e. The Morgan fingerprint density at radius 2 is 1.83 bits per heavy atom. The first-order chi connectivity index (χ1) is 11.2. The van der Waals surface area contributed by atoms with E-state index in [4.69, 9.17) is 0 Å². The summed E-state index contributed by atoms with van der Waals surface area (Å²) < 4.78 is 12.8. The first kappa shape index (κ1) is 14.8. The highest BCUT2D eigenvalue weighted by Gasteiger charge is 1.99. The summed E-state index contributed by atoms with van der Waals surface area (Å²) in [6.07, 6.45) is 4.63. The van der Waals surface area contributed by atoms with Crippen LogP contribution in [0.5, 0.6) is 0 Å². The molecule has 0 aliphatic carbocycles. The van der Waals surface area contributed by atoms with Gasteiger partial charge in [-0.25, -0.2) is 9.37 Å². The third-order valence-corrected chi connectivity index (χ3v) is 3.25. The minimum absolute atomic E-state index is 0.246. The SMILES string of the molecule is O=C(/C=C/c1cnc2ccccc2n1)NCc1ccc(F)cc1. The maximum Gasteiger partial charge on any atom is 0.244 e. The van der Waals surface area contributed by atoms with E-state index in [1.54, 1.807) is 24.4 Å². The van der Waals surface area contributed by atoms with Gasteiger partial charge in [-0.05, 0) is 35.9 Å². The van der Waals surface area contributed by atoms with E-state index in [0.29, 0.717) is 12.2 Å². The van der Waals surface area contributed by atoms with E-state index in [1.165, 1.54) is 18.2 Å². The molecule has 3 aromatic rings. The smallest absolute Gasteiger partial charge is 0.244 e. The van der Waals surface area contributed by atoms with Gasteiger partial charge in [-0.3, -0.25) is 9.78 Å². The molecule has 1 heterocycles. The lowest BCUT2D eigenvalue weighted by Crippen LogP contribution is -2.20.